The molecule has 5 rings (SSSR count). The van der Waals surface area contributed by atoms with Gasteiger partial charge < -0.3 is 11.1 Å². The van der Waals surface area contributed by atoms with Crippen LogP contribution in [0.2, 0.25) is 0 Å². The number of likely N-dealkylation sites (N-methyl/N-ethyl adjacent to an activating group) is 1. The van der Waals surface area contributed by atoms with Gasteiger partial charge in [0.05, 0.1) is 29.2 Å². The molecule has 2 atom stereocenters. The number of benzene rings is 1. The van der Waals surface area contributed by atoms with E-state index in [1.165, 1.54) is 4.90 Å². The second-order valence-electron chi connectivity index (χ2n) is 8.70. The van der Waals surface area contributed by atoms with E-state index in [-0.39, 0.29) is 13.1 Å². The maximum Gasteiger partial charge on any atom is 0.433 e. The van der Waals surface area contributed by atoms with Crippen LogP contribution in [-0.4, -0.2) is 49.1 Å². The van der Waals surface area contributed by atoms with Gasteiger partial charge in [-0.3, -0.25) is 19.5 Å². The molecule has 10 nitrogen and oxygen atoms in total. The van der Waals surface area contributed by atoms with E-state index >= 15 is 0 Å². The summed E-state index contributed by atoms with van der Waals surface area (Å²) in [7, 11) is 0. The minimum absolute atomic E-state index is 0.140. The number of pyridine rings is 1. The zero-order chi connectivity index (χ0) is 27.7. The van der Waals surface area contributed by atoms with Gasteiger partial charge in [0, 0.05) is 24.8 Å². The Hall–Kier alpha value is -4.65. The zero-order valence-corrected chi connectivity index (χ0v) is 20.6. The predicted molar refractivity (Wildman–Crippen MR) is 134 cm³/mol. The first-order chi connectivity index (χ1) is 18.7. The Kier molecular flexibility index (Phi) is 6.83. The molecule has 0 spiro atoms. The van der Waals surface area contributed by atoms with Gasteiger partial charge in [0.25, 0.3) is 11.8 Å². The van der Waals surface area contributed by atoms with Crippen molar-refractivity contribution < 1.29 is 22.8 Å². The number of nitrogens with one attached hydrogen (secondary N) is 1. The fourth-order valence-corrected chi connectivity index (χ4v) is 4.59. The number of rotatable bonds is 6. The number of anilines is 1. The van der Waals surface area contributed by atoms with Crippen LogP contribution in [0.25, 0.3) is 5.69 Å². The molecule has 1 aliphatic heterocycles. The van der Waals surface area contributed by atoms with Crippen molar-refractivity contribution in [3.05, 3.63) is 95.5 Å². The van der Waals surface area contributed by atoms with Gasteiger partial charge in [-0.05, 0) is 37.3 Å². The first kappa shape index (κ1) is 26.0. The summed E-state index contributed by atoms with van der Waals surface area (Å²) in [5, 5.41) is 7.11. The van der Waals surface area contributed by atoms with Gasteiger partial charge in [0.1, 0.15) is 17.6 Å². The van der Waals surface area contributed by atoms with E-state index in [1.54, 1.807) is 36.0 Å². The number of para-hydroxylation sites is 1. The largest absolute Gasteiger partial charge is 0.433 e. The van der Waals surface area contributed by atoms with Gasteiger partial charge in [-0.1, -0.05) is 24.3 Å². The van der Waals surface area contributed by atoms with Crippen LogP contribution in [0, 0.1) is 0 Å². The average molecular weight is 537 g/mol. The lowest BCUT2D eigenvalue weighted by Crippen LogP contribution is -2.55. The Morgan fingerprint density at radius 3 is 2.54 bits per heavy atom. The summed E-state index contributed by atoms with van der Waals surface area (Å²) < 4.78 is 41.2. The van der Waals surface area contributed by atoms with Crippen molar-refractivity contribution in [3.63, 3.8) is 0 Å². The van der Waals surface area contributed by atoms with Crippen molar-refractivity contribution in [2.45, 2.75) is 31.6 Å². The van der Waals surface area contributed by atoms with Crippen LogP contribution < -0.4 is 16.0 Å². The zero-order valence-electron chi connectivity index (χ0n) is 20.6. The van der Waals surface area contributed by atoms with Crippen molar-refractivity contribution in [1.82, 2.24) is 30.0 Å². The third kappa shape index (κ3) is 4.83. The normalized spacial score (nSPS) is 17.2. The lowest BCUT2D eigenvalue weighted by atomic mass is 9.85. The molecule has 1 aromatic carbocycles. The van der Waals surface area contributed by atoms with E-state index in [2.05, 4.69) is 25.4 Å². The molecule has 13 heteroatoms. The van der Waals surface area contributed by atoms with Crippen LogP contribution >= 0.6 is 0 Å². The van der Waals surface area contributed by atoms with E-state index in [1.807, 2.05) is 30.3 Å². The fourth-order valence-electron chi connectivity index (χ4n) is 4.59. The lowest BCUT2D eigenvalue weighted by molar-refractivity contribution is -0.141. The predicted octanol–water partition coefficient (Wildman–Crippen LogP) is 2.83. The summed E-state index contributed by atoms with van der Waals surface area (Å²) >= 11 is 0. The van der Waals surface area contributed by atoms with Crippen molar-refractivity contribution in [1.29, 1.82) is 0 Å². The third-order valence-corrected chi connectivity index (χ3v) is 6.34. The molecule has 0 radical (unpaired) electrons. The van der Waals surface area contributed by atoms with Crippen LogP contribution in [0.5, 0.6) is 0 Å². The molecule has 4 heterocycles. The van der Waals surface area contributed by atoms with Crippen LogP contribution in [0.4, 0.5) is 19.0 Å². The summed E-state index contributed by atoms with van der Waals surface area (Å²) in [6, 6.07) is 13.8. The summed E-state index contributed by atoms with van der Waals surface area (Å²) in [4.78, 5) is 40.2. The summed E-state index contributed by atoms with van der Waals surface area (Å²) in [5.41, 5.74) is 6.83. The van der Waals surface area contributed by atoms with Crippen molar-refractivity contribution in [3.8, 4) is 5.69 Å². The Balaban J connectivity index is 1.63. The van der Waals surface area contributed by atoms with Crippen LogP contribution in [0.15, 0.2) is 67.0 Å². The molecule has 0 bridgehead atoms. The molecule has 3 N–H and O–H groups in total. The first-order valence-electron chi connectivity index (χ1n) is 12.0. The number of carbonyl (C=O) groups is 2. The number of hydrogen-bond donors (Lipinski definition) is 2. The maximum atomic E-state index is 13.9. The van der Waals surface area contributed by atoms with E-state index in [0.717, 1.165) is 6.20 Å². The van der Waals surface area contributed by atoms with Gasteiger partial charge in [-0.2, -0.15) is 18.3 Å². The van der Waals surface area contributed by atoms with E-state index in [9.17, 15) is 22.8 Å². The van der Waals surface area contributed by atoms with E-state index in [0.29, 0.717) is 34.5 Å². The molecule has 0 fully saturated rings. The highest BCUT2D eigenvalue weighted by molar-refractivity contribution is 6.04. The number of alkyl halides is 3. The highest BCUT2D eigenvalue weighted by Crippen LogP contribution is 2.41. The van der Waals surface area contributed by atoms with Crippen LogP contribution in [0.1, 0.15) is 46.1 Å². The van der Waals surface area contributed by atoms with Crippen molar-refractivity contribution >= 4 is 17.6 Å². The molecule has 0 saturated heterocycles. The summed E-state index contributed by atoms with van der Waals surface area (Å²) in [6.45, 7) is 2.15. The number of nitrogens with two attached hydrogens (primary N) is 1. The van der Waals surface area contributed by atoms with Gasteiger partial charge in [0.15, 0.2) is 0 Å². The van der Waals surface area contributed by atoms with Gasteiger partial charge in [-0.15, -0.1) is 0 Å². The average Bonchev–Trinajstić information content (AvgIpc) is 3.38. The standard InChI is InChI=1S/C26H23F3N8O2/c1-2-36-24-17(14-32-37(24)16-8-4-3-5-9-16)20(18-10-6-7-15(13-30)33-18)21(25(36)39)35-23(38)22-31-12-11-19(34-22)26(27,28)29/h3-12,14,20-21H,2,13,30H2,1H3,(H,35,38)/t20-,21-/m0/s1. The highest BCUT2D eigenvalue weighted by atomic mass is 19.4. The summed E-state index contributed by atoms with van der Waals surface area (Å²) in [5.74, 6) is -2.57. The number of amides is 2. The molecule has 3 aromatic heterocycles. The summed E-state index contributed by atoms with van der Waals surface area (Å²) in [6.07, 6.45) is -2.33. The lowest BCUT2D eigenvalue weighted by Gasteiger charge is -2.37. The first-order valence-corrected chi connectivity index (χ1v) is 12.0. The van der Waals surface area contributed by atoms with Crippen LogP contribution in [-0.2, 0) is 17.5 Å². The number of hydrogen-bond acceptors (Lipinski definition) is 7. The molecule has 0 unspecified atom stereocenters. The quantitative estimate of drug-likeness (QED) is 0.387. The smallest absolute Gasteiger partial charge is 0.336 e. The second kappa shape index (κ2) is 10.3. The molecular weight excluding hydrogens is 513 g/mol. The topological polar surface area (TPSA) is 132 Å². The number of aromatic nitrogens is 5. The molecule has 1 aliphatic rings. The number of nitrogens with zero attached hydrogens (tertiary/aromatic N) is 6. The Morgan fingerprint density at radius 1 is 1.08 bits per heavy atom. The minimum atomic E-state index is -4.77. The molecule has 0 saturated carbocycles. The Bertz CT molecular complexity index is 1520. The molecule has 4 aromatic rings. The number of fused-ring (bicyclic) bond motifs is 1. The molecule has 39 heavy (non-hydrogen) atoms. The van der Waals surface area contributed by atoms with E-state index in [4.69, 9.17) is 5.73 Å². The maximum absolute atomic E-state index is 13.9. The van der Waals surface area contributed by atoms with Gasteiger partial charge in [-0.25, -0.2) is 14.6 Å². The van der Waals surface area contributed by atoms with Crippen LogP contribution in [0.3, 0.4) is 0 Å². The number of halogens is 3. The Morgan fingerprint density at radius 2 is 1.85 bits per heavy atom. The highest BCUT2D eigenvalue weighted by Gasteiger charge is 2.45. The molecule has 2 amide bonds. The molecule has 200 valence electrons. The molecular formula is C26H23F3N8O2. The van der Waals surface area contributed by atoms with Crippen molar-refractivity contribution in [2.75, 3.05) is 11.4 Å². The second-order valence-corrected chi connectivity index (χ2v) is 8.70. The SMILES string of the molecule is CCN1C(=O)[C@@H](NC(=O)c2nccc(C(F)(F)F)n2)[C@H](c2cccc(CN)n2)c2cnn(-c3ccccc3)c21. The van der Waals surface area contributed by atoms with Gasteiger partial charge in [0.2, 0.25) is 5.82 Å². The molecule has 0 aliphatic carbocycles. The van der Waals surface area contributed by atoms with Crippen molar-refractivity contribution in [2.24, 2.45) is 5.73 Å². The number of carbonyl (C=O) groups excluding carboxylic acids is 2. The Labute approximate surface area is 220 Å². The minimum Gasteiger partial charge on any atom is -0.336 e. The monoisotopic (exact) mass is 536 g/mol. The third-order valence-electron chi connectivity index (χ3n) is 6.34. The van der Waals surface area contributed by atoms with E-state index < -0.39 is 41.5 Å². The fraction of sp³-hybridized carbons (Fsp3) is 0.231. The van der Waals surface area contributed by atoms with Gasteiger partial charge >= 0.3 is 6.18 Å².